The van der Waals surface area contributed by atoms with E-state index in [-0.39, 0.29) is 35.8 Å². The lowest BCUT2D eigenvalue weighted by atomic mass is 10.1. The lowest BCUT2D eigenvalue weighted by Gasteiger charge is -2.09. The fourth-order valence-corrected chi connectivity index (χ4v) is 3.67. The molecule has 30 heavy (non-hydrogen) atoms. The fraction of sp³-hybridized carbons (Fsp3) is 0.360. The number of esters is 2. The average molecular weight is 408 g/mol. The van der Waals surface area contributed by atoms with Crippen molar-refractivity contribution in [3.05, 3.63) is 77.4 Å². The summed E-state index contributed by atoms with van der Waals surface area (Å²) in [5.41, 5.74) is 2.19. The van der Waals surface area contributed by atoms with Gasteiger partial charge in [0.1, 0.15) is 19.0 Å². The van der Waals surface area contributed by atoms with Gasteiger partial charge in [-0.2, -0.15) is 0 Å². The molecule has 0 saturated heterocycles. The molecule has 0 aromatic heterocycles. The quantitative estimate of drug-likeness (QED) is 0.468. The van der Waals surface area contributed by atoms with E-state index >= 15 is 0 Å². The average Bonchev–Trinajstić information content (AvgIpc) is 3.30. The molecule has 158 valence electrons. The lowest BCUT2D eigenvalue weighted by molar-refractivity contribution is -0.147. The Morgan fingerprint density at radius 3 is 2.33 bits per heavy atom. The van der Waals surface area contributed by atoms with E-state index < -0.39 is 0 Å². The topological polar surface area (TPSA) is 61.8 Å². The summed E-state index contributed by atoms with van der Waals surface area (Å²) in [7, 11) is 1.35. The molecule has 5 nitrogen and oxygen atoms in total. The van der Waals surface area contributed by atoms with Gasteiger partial charge in [0, 0.05) is 5.57 Å². The molecule has 1 aliphatic rings. The third kappa shape index (κ3) is 5.09. The van der Waals surface area contributed by atoms with E-state index in [1.807, 2.05) is 74.5 Å². The van der Waals surface area contributed by atoms with Gasteiger partial charge in [-0.15, -0.1) is 0 Å². The van der Waals surface area contributed by atoms with Crippen LogP contribution in [-0.4, -0.2) is 19.0 Å². The summed E-state index contributed by atoms with van der Waals surface area (Å²) < 4.78 is 16.1. The highest BCUT2D eigenvalue weighted by molar-refractivity contribution is 5.88. The number of carbonyl (C=O) groups excluding carboxylic acids is 2. The molecule has 0 unspecified atom stereocenters. The Bertz CT molecular complexity index is 930. The second kappa shape index (κ2) is 9.16. The van der Waals surface area contributed by atoms with Crippen LogP contribution in [0.4, 0.5) is 0 Å². The number of hydrogen-bond donors (Lipinski definition) is 0. The number of benzene rings is 2. The van der Waals surface area contributed by atoms with Gasteiger partial charge in [0.25, 0.3) is 0 Å². The highest BCUT2D eigenvalue weighted by Gasteiger charge is 2.61. The van der Waals surface area contributed by atoms with Crippen molar-refractivity contribution in [2.24, 2.45) is 17.3 Å². The summed E-state index contributed by atoms with van der Waals surface area (Å²) in [6.07, 6.45) is 1.82. The van der Waals surface area contributed by atoms with E-state index in [2.05, 4.69) is 0 Å². The van der Waals surface area contributed by atoms with Gasteiger partial charge >= 0.3 is 11.9 Å². The third-order valence-electron chi connectivity index (χ3n) is 5.62. The van der Waals surface area contributed by atoms with Crippen LogP contribution in [0.1, 0.15) is 31.9 Å². The Balaban J connectivity index is 1.55. The molecule has 0 radical (unpaired) electrons. The largest absolute Gasteiger partial charge is 0.489 e. The number of rotatable bonds is 8. The van der Waals surface area contributed by atoms with Gasteiger partial charge in [0.15, 0.2) is 0 Å². The molecule has 1 saturated carbocycles. The van der Waals surface area contributed by atoms with Crippen molar-refractivity contribution in [2.45, 2.75) is 34.0 Å². The first-order valence-corrected chi connectivity index (χ1v) is 10.0. The van der Waals surface area contributed by atoms with E-state index in [1.165, 1.54) is 7.11 Å². The van der Waals surface area contributed by atoms with Gasteiger partial charge in [-0.3, -0.25) is 4.79 Å². The summed E-state index contributed by atoms with van der Waals surface area (Å²) in [5, 5.41) is 0. The maximum atomic E-state index is 12.6. The Hall–Kier alpha value is -3.08. The maximum absolute atomic E-state index is 12.6. The van der Waals surface area contributed by atoms with Gasteiger partial charge < -0.3 is 14.2 Å². The number of carbonyl (C=O) groups is 2. The molecule has 0 bridgehead atoms. The molecule has 1 fully saturated rings. The zero-order valence-electron chi connectivity index (χ0n) is 17.9. The zero-order valence-corrected chi connectivity index (χ0v) is 17.9. The fourth-order valence-electron chi connectivity index (χ4n) is 3.67. The molecule has 3 rings (SSSR count). The summed E-state index contributed by atoms with van der Waals surface area (Å²) in [6.45, 7) is 6.36. The van der Waals surface area contributed by atoms with E-state index in [0.717, 1.165) is 16.9 Å². The molecule has 1 aliphatic carbocycles. The van der Waals surface area contributed by atoms with Crippen molar-refractivity contribution >= 4 is 11.9 Å². The SMILES string of the molecule is COC(=O)C(C)=C[C@H]1[C@@H](C(=O)OCc2cccc(COc3ccccc3)c2)C1(C)C. The van der Waals surface area contributed by atoms with Crippen LogP contribution in [0, 0.1) is 17.3 Å². The Labute approximate surface area is 177 Å². The van der Waals surface area contributed by atoms with Crippen molar-refractivity contribution in [2.75, 3.05) is 7.11 Å². The molecular formula is C25H28O5. The van der Waals surface area contributed by atoms with Crippen LogP contribution in [0.3, 0.4) is 0 Å². The summed E-state index contributed by atoms with van der Waals surface area (Å²) in [4.78, 5) is 24.3. The van der Waals surface area contributed by atoms with Crippen LogP contribution in [0.5, 0.6) is 5.75 Å². The molecule has 2 aromatic rings. The van der Waals surface area contributed by atoms with Gasteiger partial charge in [0.2, 0.25) is 0 Å². The number of para-hydroxylation sites is 1. The summed E-state index contributed by atoms with van der Waals surface area (Å²) >= 11 is 0. The van der Waals surface area contributed by atoms with Crippen molar-refractivity contribution in [3.63, 3.8) is 0 Å². The monoisotopic (exact) mass is 408 g/mol. The number of hydrogen-bond acceptors (Lipinski definition) is 5. The second-order valence-electron chi connectivity index (χ2n) is 8.20. The first-order valence-electron chi connectivity index (χ1n) is 10.0. The Kier molecular flexibility index (Phi) is 6.60. The lowest BCUT2D eigenvalue weighted by Crippen LogP contribution is -2.11. The molecule has 0 amide bonds. The third-order valence-corrected chi connectivity index (χ3v) is 5.62. The number of ether oxygens (including phenoxy) is 3. The smallest absolute Gasteiger partial charge is 0.333 e. The molecule has 5 heteroatoms. The highest BCUT2D eigenvalue weighted by atomic mass is 16.5. The first kappa shape index (κ1) is 21.6. The Morgan fingerprint density at radius 1 is 1.00 bits per heavy atom. The first-order chi connectivity index (χ1) is 14.3. The van der Waals surface area contributed by atoms with Gasteiger partial charge in [-0.25, -0.2) is 4.79 Å². The molecule has 2 aromatic carbocycles. The van der Waals surface area contributed by atoms with E-state index in [1.54, 1.807) is 6.92 Å². The van der Waals surface area contributed by atoms with Crippen LogP contribution >= 0.6 is 0 Å². The normalized spacial score (nSPS) is 19.7. The van der Waals surface area contributed by atoms with Crippen molar-refractivity contribution in [1.82, 2.24) is 0 Å². The van der Waals surface area contributed by atoms with Crippen LogP contribution < -0.4 is 4.74 Å². The minimum atomic E-state index is -0.376. The van der Waals surface area contributed by atoms with Gasteiger partial charge in [-0.05, 0) is 47.6 Å². The number of allylic oxidation sites excluding steroid dienone is 1. The predicted octanol–water partition coefficient (Wildman–Crippen LogP) is 4.70. The number of methoxy groups -OCH3 is 1. The maximum Gasteiger partial charge on any atom is 0.333 e. The molecule has 0 spiro atoms. The molecule has 0 aliphatic heterocycles. The van der Waals surface area contributed by atoms with Crippen LogP contribution in [-0.2, 0) is 32.3 Å². The predicted molar refractivity (Wildman–Crippen MR) is 114 cm³/mol. The summed E-state index contributed by atoms with van der Waals surface area (Å²) in [5.74, 6) is -0.104. The van der Waals surface area contributed by atoms with Crippen LogP contribution in [0.25, 0.3) is 0 Å². The van der Waals surface area contributed by atoms with Crippen LogP contribution in [0.15, 0.2) is 66.2 Å². The molecule has 0 N–H and O–H groups in total. The van der Waals surface area contributed by atoms with Crippen LogP contribution in [0.2, 0.25) is 0 Å². The van der Waals surface area contributed by atoms with E-state index in [0.29, 0.717) is 12.2 Å². The van der Waals surface area contributed by atoms with E-state index in [9.17, 15) is 9.59 Å². The minimum Gasteiger partial charge on any atom is -0.489 e. The molecular weight excluding hydrogens is 380 g/mol. The standard InChI is InChI=1S/C25H28O5/c1-17(23(26)28-4)13-21-22(25(21,2)3)24(27)30-16-19-10-8-9-18(14-19)15-29-20-11-6-5-7-12-20/h5-14,21-22H,15-16H2,1-4H3/t21-,22-/m0/s1. The summed E-state index contributed by atoms with van der Waals surface area (Å²) in [6, 6.07) is 17.4. The molecule has 2 atom stereocenters. The Morgan fingerprint density at radius 2 is 1.67 bits per heavy atom. The highest BCUT2D eigenvalue weighted by Crippen LogP contribution is 2.59. The van der Waals surface area contributed by atoms with Crippen molar-refractivity contribution in [1.29, 1.82) is 0 Å². The van der Waals surface area contributed by atoms with E-state index in [4.69, 9.17) is 14.2 Å². The second-order valence-corrected chi connectivity index (χ2v) is 8.20. The van der Waals surface area contributed by atoms with Crippen molar-refractivity contribution in [3.8, 4) is 5.75 Å². The van der Waals surface area contributed by atoms with Gasteiger partial charge in [-0.1, -0.05) is 56.3 Å². The van der Waals surface area contributed by atoms with Crippen molar-refractivity contribution < 1.29 is 23.8 Å². The van der Waals surface area contributed by atoms with Gasteiger partial charge in [0.05, 0.1) is 13.0 Å². The minimum absolute atomic E-state index is 0.0327. The zero-order chi connectivity index (χ0) is 21.7. The molecule has 0 heterocycles.